The topological polar surface area (TPSA) is 93.8 Å². The smallest absolute Gasteiger partial charge is 0.227 e. The molecule has 112 valence electrons. The predicted octanol–water partition coefficient (Wildman–Crippen LogP) is 2.49. The van der Waals surface area contributed by atoms with Crippen molar-refractivity contribution < 1.29 is 9.32 Å². The van der Waals surface area contributed by atoms with Crippen LogP contribution in [0.1, 0.15) is 61.7 Å². The van der Waals surface area contributed by atoms with Crippen molar-refractivity contribution in [2.24, 2.45) is 0 Å². The van der Waals surface area contributed by atoms with Crippen LogP contribution in [0.25, 0.3) is 0 Å². The summed E-state index contributed by atoms with van der Waals surface area (Å²) >= 11 is 1.46. The number of aryl methyl sites for hydroxylation is 1. The average Bonchev–Trinajstić information content (AvgIpc) is 3.00. The van der Waals surface area contributed by atoms with E-state index in [0.717, 1.165) is 5.01 Å². The fraction of sp³-hybridized carbons (Fsp3) is 0.615. The quantitative estimate of drug-likeness (QED) is 0.881. The third-order valence-corrected chi connectivity index (χ3v) is 4.18. The first-order chi connectivity index (χ1) is 10.1. The van der Waals surface area contributed by atoms with Crippen LogP contribution in [0.5, 0.6) is 0 Å². The molecule has 0 aromatic carbocycles. The van der Waals surface area contributed by atoms with Crippen LogP contribution >= 0.6 is 11.3 Å². The van der Waals surface area contributed by atoms with Gasteiger partial charge in [-0.25, -0.2) is 0 Å². The summed E-state index contributed by atoms with van der Waals surface area (Å²) in [6, 6.07) is 0. The largest absolute Gasteiger partial charge is 0.339 e. The van der Waals surface area contributed by atoms with E-state index in [1.807, 2.05) is 13.8 Å². The van der Waals surface area contributed by atoms with Gasteiger partial charge in [0.1, 0.15) is 5.01 Å². The molecule has 1 saturated carbocycles. The number of carbonyl (C=O) groups excluding carboxylic acids is 1. The van der Waals surface area contributed by atoms with E-state index in [1.165, 1.54) is 24.2 Å². The molecule has 2 aromatic rings. The van der Waals surface area contributed by atoms with Gasteiger partial charge < -0.3 is 9.84 Å². The number of carbonyl (C=O) groups is 1. The Hall–Kier alpha value is -1.83. The van der Waals surface area contributed by atoms with Crippen molar-refractivity contribution in [3.63, 3.8) is 0 Å². The van der Waals surface area contributed by atoms with E-state index in [0.29, 0.717) is 29.2 Å². The van der Waals surface area contributed by atoms with E-state index < -0.39 is 0 Å². The molecule has 3 rings (SSSR count). The minimum absolute atomic E-state index is 0.113. The zero-order valence-electron chi connectivity index (χ0n) is 12.0. The lowest BCUT2D eigenvalue weighted by atomic mass is 10.2. The van der Waals surface area contributed by atoms with Gasteiger partial charge in [0.05, 0.1) is 0 Å². The molecule has 0 bridgehead atoms. The second-order valence-electron chi connectivity index (χ2n) is 5.47. The van der Waals surface area contributed by atoms with Gasteiger partial charge in [0.15, 0.2) is 5.82 Å². The van der Waals surface area contributed by atoms with Crippen LogP contribution in [0.2, 0.25) is 0 Å². The Morgan fingerprint density at radius 3 is 2.90 bits per heavy atom. The zero-order chi connectivity index (χ0) is 14.8. The first kappa shape index (κ1) is 14.1. The minimum Gasteiger partial charge on any atom is -0.339 e. The molecule has 0 unspecified atom stereocenters. The molecule has 0 radical (unpaired) electrons. The van der Waals surface area contributed by atoms with Crippen molar-refractivity contribution >= 4 is 22.4 Å². The van der Waals surface area contributed by atoms with Crippen molar-refractivity contribution in [2.45, 2.75) is 51.4 Å². The Kier molecular flexibility index (Phi) is 3.96. The summed E-state index contributed by atoms with van der Waals surface area (Å²) < 4.78 is 5.10. The Bertz CT molecular complexity index is 632. The molecule has 8 heteroatoms. The molecular weight excluding hydrogens is 290 g/mol. The average molecular weight is 307 g/mol. The summed E-state index contributed by atoms with van der Waals surface area (Å²) in [4.78, 5) is 16.1. The van der Waals surface area contributed by atoms with E-state index >= 15 is 0 Å². The highest BCUT2D eigenvalue weighted by molar-refractivity contribution is 7.15. The fourth-order valence-corrected chi connectivity index (χ4v) is 2.72. The van der Waals surface area contributed by atoms with Gasteiger partial charge in [-0.1, -0.05) is 30.3 Å². The summed E-state index contributed by atoms with van der Waals surface area (Å²) in [7, 11) is 0. The normalized spacial score (nSPS) is 14.6. The van der Waals surface area contributed by atoms with Gasteiger partial charge in [-0.2, -0.15) is 4.98 Å². The molecule has 1 aliphatic rings. The number of rotatable bonds is 6. The van der Waals surface area contributed by atoms with Gasteiger partial charge in [0, 0.05) is 24.7 Å². The minimum atomic E-state index is -0.113. The maximum absolute atomic E-state index is 11.9. The number of nitrogens with zero attached hydrogens (tertiary/aromatic N) is 4. The Labute approximate surface area is 126 Å². The fourth-order valence-electron chi connectivity index (χ4n) is 1.79. The standard InChI is InChI=1S/C13H17N5O2S/c1-7(2)11-15-10(20-18-11)6-5-9(19)14-13-17-16-12(21-13)8-3-4-8/h7-8H,3-6H2,1-2H3,(H,14,17,19). The Morgan fingerprint density at radius 1 is 1.43 bits per heavy atom. The number of aromatic nitrogens is 4. The highest BCUT2D eigenvalue weighted by Gasteiger charge is 2.27. The van der Waals surface area contributed by atoms with Crippen LogP contribution < -0.4 is 5.32 Å². The Morgan fingerprint density at radius 2 is 2.24 bits per heavy atom. The van der Waals surface area contributed by atoms with E-state index in [9.17, 15) is 4.79 Å². The van der Waals surface area contributed by atoms with Crippen LogP contribution in [0.3, 0.4) is 0 Å². The molecule has 0 spiro atoms. The van der Waals surface area contributed by atoms with E-state index in [1.54, 1.807) is 0 Å². The number of hydrogen-bond donors (Lipinski definition) is 1. The first-order valence-electron chi connectivity index (χ1n) is 7.07. The molecule has 1 amide bonds. The van der Waals surface area contributed by atoms with Crippen LogP contribution in [-0.4, -0.2) is 26.2 Å². The van der Waals surface area contributed by atoms with Crippen molar-refractivity contribution in [1.29, 1.82) is 0 Å². The molecule has 0 saturated heterocycles. The number of nitrogens with one attached hydrogen (secondary N) is 1. The molecule has 1 fully saturated rings. The summed E-state index contributed by atoms with van der Waals surface area (Å²) in [6.45, 7) is 3.99. The lowest BCUT2D eigenvalue weighted by molar-refractivity contribution is -0.116. The van der Waals surface area contributed by atoms with Gasteiger partial charge in [-0.15, -0.1) is 10.2 Å². The van der Waals surface area contributed by atoms with Crippen molar-refractivity contribution in [2.75, 3.05) is 5.32 Å². The van der Waals surface area contributed by atoms with E-state index in [4.69, 9.17) is 4.52 Å². The number of anilines is 1. The summed E-state index contributed by atoms with van der Waals surface area (Å²) in [6.07, 6.45) is 3.08. The molecule has 0 atom stereocenters. The molecule has 1 N–H and O–H groups in total. The number of amides is 1. The van der Waals surface area contributed by atoms with Crippen molar-refractivity contribution in [3.05, 3.63) is 16.7 Å². The summed E-state index contributed by atoms with van der Waals surface area (Å²) in [5.41, 5.74) is 0. The second kappa shape index (κ2) is 5.88. The van der Waals surface area contributed by atoms with Gasteiger partial charge in [-0.3, -0.25) is 4.79 Å². The van der Waals surface area contributed by atoms with Crippen LogP contribution in [0.15, 0.2) is 4.52 Å². The van der Waals surface area contributed by atoms with Gasteiger partial charge in [0.25, 0.3) is 0 Å². The van der Waals surface area contributed by atoms with Gasteiger partial charge in [-0.05, 0) is 12.8 Å². The third-order valence-electron chi connectivity index (χ3n) is 3.18. The number of hydrogen-bond acceptors (Lipinski definition) is 7. The summed E-state index contributed by atoms with van der Waals surface area (Å²) in [5.74, 6) is 1.82. The summed E-state index contributed by atoms with van der Waals surface area (Å²) in [5, 5.41) is 16.3. The maximum Gasteiger partial charge on any atom is 0.227 e. The first-order valence-corrected chi connectivity index (χ1v) is 7.89. The zero-order valence-corrected chi connectivity index (χ0v) is 12.8. The molecule has 2 aromatic heterocycles. The Balaban J connectivity index is 1.48. The van der Waals surface area contributed by atoms with Gasteiger partial charge >= 0.3 is 0 Å². The predicted molar refractivity (Wildman–Crippen MR) is 77.2 cm³/mol. The van der Waals surface area contributed by atoms with Crippen LogP contribution in [-0.2, 0) is 11.2 Å². The van der Waals surface area contributed by atoms with Crippen molar-refractivity contribution in [3.8, 4) is 0 Å². The second-order valence-corrected chi connectivity index (χ2v) is 6.48. The molecule has 1 aliphatic carbocycles. The molecule has 0 aliphatic heterocycles. The SMILES string of the molecule is CC(C)c1noc(CCC(=O)Nc2nnc(C3CC3)s2)n1. The lowest BCUT2D eigenvalue weighted by Gasteiger charge is -1.98. The third kappa shape index (κ3) is 3.63. The molecular formula is C13H17N5O2S. The van der Waals surface area contributed by atoms with Crippen molar-refractivity contribution in [1.82, 2.24) is 20.3 Å². The van der Waals surface area contributed by atoms with E-state index in [-0.39, 0.29) is 18.2 Å². The highest BCUT2D eigenvalue weighted by Crippen LogP contribution is 2.42. The van der Waals surface area contributed by atoms with Crippen LogP contribution in [0, 0.1) is 0 Å². The molecule has 21 heavy (non-hydrogen) atoms. The monoisotopic (exact) mass is 307 g/mol. The van der Waals surface area contributed by atoms with Crippen LogP contribution in [0.4, 0.5) is 5.13 Å². The van der Waals surface area contributed by atoms with E-state index in [2.05, 4.69) is 25.7 Å². The lowest BCUT2D eigenvalue weighted by Crippen LogP contribution is -2.12. The molecule has 7 nitrogen and oxygen atoms in total. The maximum atomic E-state index is 11.9. The molecule has 2 heterocycles. The van der Waals surface area contributed by atoms with Gasteiger partial charge in [0.2, 0.25) is 16.9 Å². The highest BCUT2D eigenvalue weighted by atomic mass is 32.1.